The molecule has 1 amide bonds. The van der Waals surface area contributed by atoms with Crippen LogP contribution in [0.5, 0.6) is 5.75 Å². The lowest BCUT2D eigenvalue weighted by atomic mass is 10.1. The summed E-state index contributed by atoms with van der Waals surface area (Å²) < 4.78 is 5.56. The Morgan fingerprint density at radius 1 is 1.09 bits per heavy atom. The monoisotopic (exact) mass is 447 g/mol. The van der Waals surface area contributed by atoms with E-state index in [-0.39, 0.29) is 12.5 Å². The first-order chi connectivity index (χ1) is 16.1. The molecule has 0 saturated heterocycles. The van der Waals surface area contributed by atoms with E-state index in [0.29, 0.717) is 11.8 Å². The van der Waals surface area contributed by atoms with E-state index in [1.54, 1.807) is 7.05 Å². The number of aryl methyl sites for hydroxylation is 1. The molecular weight excluding hydrogens is 414 g/mol. The number of carbonyl (C=O) groups excluding carboxylic acids is 1. The molecule has 1 aliphatic rings. The highest BCUT2D eigenvalue weighted by molar-refractivity contribution is 5.84. The van der Waals surface area contributed by atoms with Crippen molar-refractivity contribution >= 4 is 22.8 Å². The molecule has 0 atom stereocenters. The van der Waals surface area contributed by atoms with Crippen LogP contribution in [0.2, 0.25) is 0 Å². The topological polar surface area (TPSA) is 90.5 Å². The maximum absolute atomic E-state index is 11.7. The van der Waals surface area contributed by atoms with E-state index in [1.807, 2.05) is 24.3 Å². The van der Waals surface area contributed by atoms with Crippen molar-refractivity contribution in [1.82, 2.24) is 20.9 Å². The maximum Gasteiger partial charge on any atom is 0.258 e. The number of hydrogen-bond donors (Lipinski definition) is 4. The molecule has 0 unspecified atom stereocenters. The van der Waals surface area contributed by atoms with Crippen molar-refractivity contribution in [3.8, 4) is 5.75 Å². The zero-order chi connectivity index (χ0) is 23.0. The third-order valence-corrected chi connectivity index (χ3v) is 5.78. The number of hydrogen-bond acceptors (Lipinski definition) is 3. The molecule has 4 N–H and O–H groups in total. The minimum atomic E-state index is -0.0514. The number of nitrogens with zero attached hydrogens (tertiary/aromatic N) is 1. The zero-order valence-electron chi connectivity index (χ0n) is 19.4. The lowest BCUT2D eigenvalue weighted by Gasteiger charge is -2.12. The minimum Gasteiger partial charge on any atom is -0.484 e. The summed E-state index contributed by atoms with van der Waals surface area (Å²) in [5.41, 5.74) is 4.95. The van der Waals surface area contributed by atoms with Crippen molar-refractivity contribution < 1.29 is 9.53 Å². The number of H-pyrrole nitrogens is 1. The Hall–Kier alpha value is -3.48. The lowest BCUT2D eigenvalue weighted by molar-refractivity contribution is -0.123. The highest BCUT2D eigenvalue weighted by atomic mass is 16.5. The van der Waals surface area contributed by atoms with Gasteiger partial charge in [0, 0.05) is 43.3 Å². The largest absolute Gasteiger partial charge is 0.484 e. The van der Waals surface area contributed by atoms with Crippen LogP contribution in [-0.2, 0) is 17.6 Å². The first-order valence-corrected chi connectivity index (χ1v) is 11.6. The lowest BCUT2D eigenvalue weighted by Crippen LogP contribution is -2.39. The third kappa shape index (κ3) is 6.75. The summed E-state index contributed by atoms with van der Waals surface area (Å²) in [6.45, 7) is 3.75. The van der Waals surface area contributed by atoms with Crippen LogP contribution >= 0.6 is 0 Å². The quantitative estimate of drug-likeness (QED) is 0.284. The molecule has 7 nitrogen and oxygen atoms in total. The first kappa shape index (κ1) is 22.7. The molecule has 7 heteroatoms. The summed E-state index contributed by atoms with van der Waals surface area (Å²) in [6.07, 6.45) is 6.04. The molecule has 0 aliphatic heterocycles. The molecule has 1 heterocycles. The first-order valence-electron chi connectivity index (χ1n) is 11.6. The van der Waals surface area contributed by atoms with Crippen LogP contribution in [0.3, 0.4) is 0 Å². The highest BCUT2D eigenvalue weighted by Crippen LogP contribution is 2.20. The van der Waals surface area contributed by atoms with Crippen LogP contribution in [0.4, 0.5) is 0 Å². The molecule has 1 fully saturated rings. The zero-order valence-corrected chi connectivity index (χ0v) is 19.4. The number of fused-ring (bicyclic) bond motifs is 1. The second-order valence-electron chi connectivity index (χ2n) is 8.56. The summed E-state index contributed by atoms with van der Waals surface area (Å²) in [5.74, 6) is 1.46. The summed E-state index contributed by atoms with van der Waals surface area (Å²) in [6, 6.07) is 14.8. The number of nitrogens with one attached hydrogen (secondary N) is 4. The molecule has 1 aromatic heterocycles. The Morgan fingerprint density at radius 3 is 2.58 bits per heavy atom. The van der Waals surface area contributed by atoms with Crippen molar-refractivity contribution in [2.75, 3.05) is 26.7 Å². The SMILES string of the molecule is CN=C(NCCc1ccc(OCC(=O)NC2CC2)cc1)NCCc1c[nH]c2cc(C)ccc12. The van der Waals surface area contributed by atoms with Crippen LogP contribution in [-0.4, -0.2) is 49.6 Å². The number of guanidine groups is 1. The molecule has 1 aliphatic carbocycles. The predicted octanol–water partition coefficient (Wildman–Crippen LogP) is 3.08. The van der Waals surface area contributed by atoms with Crippen LogP contribution in [0.1, 0.15) is 29.5 Å². The van der Waals surface area contributed by atoms with Gasteiger partial charge in [0.25, 0.3) is 5.91 Å². The van der Waals surface area contributed by atoms with Gasteiger partial charge in [-0.15, -0.1) is 0 Å². The van der Waals surface area contributed by atoms with Crippen molar-refractivity contribution in [1.29, 1.82) is 0 Å². The Balaban J connectivity index is 1.15. The smallest absolute Gasteiger partial charge is 0.258 e. The number of benzene rings is 2. The number of ether oxygens (including phenoxy) is 1. The highest BCUT2D eigenvalue weighted by Gasteiger charge is 2.23. The fraction of sp³-hybridized carbons (Fsp3) is 0.385. The van der Waals surface area contributed by atoms with Crippen molar-refractivity contribution in [2.24, 2.45) is 4.99 Å². The molecule has 0 bridgehead atoms. The fourth-order valence-corrected chi connectivity index (χ4v) is 3.77. The van der Waals surface area contributed by atoms with Gasteiger partial charge in [0.15, 0.2) is 12.6 Å². The fourth-order valence-electron chi connectivity index (χ4n) is 3.77. The Kier molecular flexibility index (Phi) is 7.50. The second kappa shape index (κ2) is 10.9. The molecule has 2 aromatic carbocycles. The molecule has 33 heavy (non-hydrogen) atoms. The van der Waals surface area contributed by atoms with Gasteiger partial charge in [-0.05, 0) is 67.5 Å². The average Bonchev–Trinajstić information content (AvgIpc) is 3.55. The number of carbonyl (C=O) groups is 1. The number of rotatable bonds is 10. The standard InChI is InChI=1S/C26H33N5O2/c1-18-3-10-23-20(16-30-24(23)15-18)12-14-29-26(27-2)28-13-11-19-4-8-22(9-5-19)33-17-25(32)31-21-6-7-21/h3-5,8-10,15-16,21,30H,6-7,11-14,17H2,1-2H3,(H,31,32)(H2,27,28,29). The second-order valence-corrected chi connectivity index (χ2v) is 8.56. The van der Waals surface area contributed by atoms with E-state index in [9.17, 15) is 4.79 Å². The summed E-state index contributed by atoms with van der Waals surface area (Å²) in [7, 11) is 1.79. The van der Waals surface area contributed by atoms with Crippen LogP contribution < -0.4 is 20.7 Å². The molecular formula is C26H33N5O2. The molecule has 174 valence electrons. The van der Waals surface area contributed by atoms with E-state index in [4.69, 9.17) is 4.74 Å². The number of aromatic nitrogens is 1. The number of aliphatic imine (C=N–C) groups is 1. The van der Waals surface area contributed by atoms with Gasteiger partial charge in [-0.3, -0.25) is 9.79 Å². The van der Waals surface area contributed by atoms with Crippen LogP contribution in [0, 0.1) is 6.92 Å². The summed E-state index contributed by atoms with van der Waals surface area (Å²) >= 11 is 0. The summed E-state index contributed by atoms with van der Waals surface area (Å²) in [5, 5.41) is 11.0. The van der Waals surface area contributed by atoms with Crippen LogP contribution in [0.25, 0.3) is 10.9 Å². The van der Waals surface area contributed by atoms with Crippen molar-refractivity contribution in [3.05, 3.63) is 65.4 Å². The van der Waals surface area contributed by atoms with E-state index >= 15 is 0 Å². The van der Waals surface area contributed by atoms with E-state index in [1.165, 1.54) is 27.6 Å². The Morgan fingerprint density at radius 2 is 1.85 bits per heavy atom. The van der Waals surface area contributed by atoms with Gasteiger partial charge in [-0.2, -0.15) is 0 Å². The van der Waals surface area contributed by atoms with Crippen molar-refractivity contribution in [2.45, 2.75) is 38.6 Å². The van der Waals surface area contributed by atoms with Crippen LogP contribution in [0.15, 0.2) is 53.7 Å². The number of amides is 1. The molecule has 1 saturated carbocycles. The molecule has 4 rings (SSSR count). The van der Waals surface area contributed by atoms with Gasteiger partial charge < -0.3 is 25.7 Å². The Labute approximate surface area is 195 Å². The van der Waals surface area contributed by atoms with Gasteiger partial charge in [0.1, 0.15) is 5.75 Å². The van der Waals surface area contributed by atoms with E-state index < -0.39 is 0 Å². The summed E-state index contributed by atoms with van der Waals surface area (Å²) in [4.78, 5) is 19.4. The Bertz CT molecular complexity index is 1100. The molecule has 0 spiro atoms. The maximum atomic E-state index is 11.7. The average molecular weight is 448 g/mol. The third-order valence-electron chi connectivity index (χ3n) is 5.78. The van der Waals surface area contributed by atoms with Gasteiger partial charge in [-0.1, -0.05) is 24.3 Å². The van der Waals surface area contributed by atoms with Crippen molar-refractivity contribution in [3.63, 3.8) is 0 Å². The normalized spacial score (nSPS) is 13.7. The molecule has 3 aromatic rings. The predicted molar refractivity (Wildman–Crippen MR) is 133 cm³/mol. The van der Waals surface area contributed by atoms with Gasteiger partial charge in [-0.25, -0.2) is 0 Å². The minimum absolute atomic E-state index is 0.0514. The number of aromatic amines is 1. The van der Waals surface area contributed by atoms with E-state index in [0.717, 1.165) is 44.7 Å². The van der Waals surface area contributed by atoms with Gasteiger partial charge in [0.2, 0.25) is 0 Å². The van der Waals surface area contributed by atoms with Gasteiger partial charge in [0.05, 0.1) is 0 Å². The van der Waals surface area contributed by atoms with E-state index in [2.05, 4.69) is 57.2 Å². The van der Waals surface area contributed by atoms with Gasteiger partial charge >= 0.3 is 0 Å². The molecule has 0 radical (unpaired) electrons.